The maximum atomic E-state index is 9.90. The molecule has 1 N–H and O–H groups in total. The van der Waals surface area contributed by atoms with E-state index in [4.69, 9.17) is 9.26 Å². The van der Waals surface area contributed by atoms with Crippen molar-refractivity contribution in [1.82, 2.24) is 0 Å². The zero-order valence-corrected chi connectivity index (χ0v) is 19.4. The van der Waals surface area contributed by atoms with Crippen molar-refractivity contribution in [2.75, 3.05) is 7.11 Å². The maximum absolute atomic E-state index is 9.90. The van der Waals surface area contributed by atoms with Crippen LogP contribution < -0.4 is 4.74 Å². The number of hydrogen-bond donors (Lipinski definition) is 1. The van der Waals surface area contributed by atoms with E-state index in [9.17, 15) is 5.11 Å². The Morgan fingerprint density at radius 3 is 2.50 bits per heavy atom. The third kappa shape index (κ3) is 2.85. The number of aryl methyl sites for hydroxylation is 1. The lowest BCUT2D eigenvalue weighted by Gasteiger charge is -2.60. The van der Waals surface area contributed by atoms with Crippen LogP contribution >= 0.6 is 9.47 Å². The molecule has 0 aliphatic heterocycles. The van der Waals surface area contributed by atoms with Crippen molar-refractivity contribution in [3.63, 3.8) is 0 Å². The van der Waals surface area contributed by atoms with Gasteiger partial charge in [-0.1, -0.05) is 32.0 Å². The Balaban J connectivity index is 1.68. The molecule has 2 aromatic carbocycles. The van der Waals surface area contributed by atoms with Gasteiger partial charge in [-0.25, -0.2) is 0 Å². The molecule has 0 radical (unpaired) electrons. The normalized spacial score (nSPS) is 37.2. The summed E-state index contributed by atoms with van der Waals surface area (Å²) in [6.45, 7) is 5.02. The zero-order chi connectivity index (χ0) is 21.1. The highest BCUT2D eigenvalue weighted by Gasteiger charge is 2.63. The smallest absolute Gasteiger partial charge is 0.119 e. The van der Waals surface area contributed by atoms with Crippen LogP contribution in [0.4, 0.5) is 0 Å². The molecule has 3 nitrogen and oxygen atoms in total. The summed E-state index contributed by atoms with van der Waals surface area (Å²) in [5.74, 6) is 2.82. The highest BCUT2D eigenvalue weighted by Crippen LogP contribution is 2.70. The Morgan fingerprint density at radius 2 is 1.80 bits per heavy atom. The van der Waals surface area contributed by atoms with E-state index in [0.717, 1.165) is 25.0 Å². The number of phenols is 1. The Bertz CT molecular complexity index is 942. The highest BCUT2D eigenvalue weighted by molar-refractivity contribution is 7.09. The molecule has 7 atom stereocenters. The van der Waals surface area contributed by atoms with Gasteiger partial charge in [0.2, 0.25) is 0 Å². The number of aromatic hydroxyl groups is 1. The second-order valence-electron chi connectivity index (χ2n) is 10.2. The van der Waals surface area contributed by atoms with E-state index in [0.29, 0.717) is 29.6 Å². The average Bonchev–Trinajstić information content (AvgIpc) is 3.10. The SMILES string of the molecule is COc1ccc2c(c1)CC[C@@]1(C)[C@@H]3CC[C@H](OP)[C@@]3(C)C[C@H](c3ccc(O)cc3)[C@H]21. The monoisotopic (exact) mass is 424 g/mol. The van der Waals surface area contributed by atoms with E-state index in [1.54, 1.807) is 7.11 Å². The predicted octanol–water partition coefficient (Wildman–Crippen LogP) is 6.22. The van der Waals surface area contributed by atoms with Gasteiger partial charge in [0.1, 0.15) is 11.5 Å². The first kappa shape index (κ1) is 20.3. The molecule has 160 valence electrons. The van der Waals surface area contributed by atoms with E-state index in [-0.39, 0.29) is 10.8 Å². The summed E-state index contributed by atoms with van der Waals surface area (Å²) < 4.78 is 11.5. The van der Waals surface area contributed by atoms with Crippen LogP contribution in [0.3, 0.4) is 0 Å². The molecule has 30 heavy (non-hydrogen) atoms. The molecule has 0 spiro atoms. The fraction of sp³-hybridized carbons (Fsp3) is 0.538. The van der Waals surface area contributed by atoms with E-state index in [2.05, 4.69) is 53.6 Å². The molecule has 2 saturated carbocycles. The van der Waals surface area contributed by atoms with Crippen LogP contribution in [-0.2, 0) is 10.9 Å². The Morgan fingerprint density at radius 1 is 1.03 bits per heavy atom. The number of benzene rings is 2. The molecule has 3 aliphatic carbocycles. The molecule has 1 unspecified atom stereocenters. The lowest BCUT2D eigenvalue weighted by molar-refractivity contribution is -0.0662. The largest absolute Gasteiger partial charge is 0.508 e. The van der Waals surface area contributed by atoms with Crippen molar-refractivity contribution in [2.45, 2.75) is 63.9 Å². The summed E-state index contributed by atoms with van der Waals surface area (Å²) in [5.41, 5.74) is 4.68. The van der Waals surface area contributed by atoms with Crippen LogP contribution in [0.2, 0.25) is 0 Å². The van der Waals surface area contributed by atoms with Crippen molar-refractivity contribution in [2.24, 2.45) is 16.7 Å². The molecule has 4 heteroatoms. The standard InChI is InChI=1S/C26H33O3P/c1-25-13-12-17-14-19(28-3)8-9-20(17)24(25)21(16-4-6-18(27)7-5-16)15-26(2)22(25)10-11-23(26)29-30/h4-9,14,21-24,27H,10-13,15,30H2,1-3H3/t21-,22+,23+,24+,25+,26+/m1/s1. The first-order valence-electron chi connectivity index (χ1n) is 11.2. The number of hydrogen-bond acceptors (Lipinski definition) is 3. The van der Waals surface area contributed by atoms with Gasteiger partial charge in [0.15, 0.2) is 0 Å². The van der Waals surface area contributed by atoms with Crippen LogP contribution in [0.25, 0.3) is 0 Å². The fourth-order valence-electron chi connectivity index (χ4n) is 7.62. The lowest BCUT2D eigenvalue weighted by atomic mass is 9.44. The van der Waals surface area contributed by atoms with Crippen LogP contribution in [0, 0.1) is 16.7 Å². The fourth-order valence-corrected chi connectivity index (χ4v) is 8.06. The van der Waals surface area contributed by atoms with Crippen molar-refractivity contribution in [3.05, 3.63) is 59.2 Å². The van der Waals surface area contributed by atoms with Crippen LogP contribution in [0.1, 0.15) is 68.1 Å². The van der Waals surface area contributed by atoms with Crippen molar-refractivity contribution in [3.8, 4) is 11.5 Å². The minimum Gasteiger partial charge on any atom is -0.508 e. The van der Waals surface area contributed by atoms with Gasteiger partial charge in [-0.15, -0.1) is 0 Å². The number of fused-ring (bicyclic) bond motifs is 5. The minimum atomic E-state index is 0.166. The highest BCUT2D eigenvalue weighted by atomic mass is 31.0. The molecular formula is C26H33O3P. The third-order valence-corrected chi connectivity index (χ3v) is 9.25. The van der Waals surface area contributed by atoms with E-state index < -0.39 is 0 Å². The molecule has 0 saturated heterocycles. The average molecular weight is 425 g/mol. The Labute approximate surface area is 182 Å². The Hall–Kier alpha value is -1.57. The first-order chi connectivity index (χ1) is 14.4. The molecule has 0 bridgehead atoms. The van der Waals surface area contributed by atoms with Crippen LogP contribution in [0.15, 0.2) is 42.5 Å². The third-order valence-electron chi connectivity index (χ3n) is 8.92. The quantitative estimate of drug-likeness (QED) is 0.595. The van der Waals surface area contributed by atoms with Gasteiger partial charge >= 0.3 is 0 Å². The van der Waals surface area contributed by atoms with Crippen molar-refractivity contribution in [1.29, 1.82) is 0 Å². The van der Waals surface area contributed by atoms with Gasteiger partial charge in [-0.05, 0) is 102 Å². The zero-order valence-electron chi connectivity index (χ0n) is 18.2. The molecular weight excluding hydrogens is 391 g/mol. The second-order valence-corrected chi connectivity index (χ2v) is 10.5. The summed E-state index contributed by atoms with van der Waals surface area (Å²) in [4.78, 5) is 0. The minimum absolute atomic E-state index is 0.166. The number of phenolic OH excluding ortho intramolecular Hbond substituents is 1. The van der Waals surface area contributed by atoms with Gasteiger partial charge in [0.25, 0.3) is 0 Å². The van der Waals surface area contributed by atoms with Crippen LogP contribution in [0.5, 0.6) is 11.5 Å². The second kappa shape index (κ2) is 7.24. The molecule has 0 heterocycles. The molecule has 0 amide bonds. The summed E-state index contributed by atoms with van der Waals surface area (Å²) in [6, 6.07) is 14.7. The summed E-state index contributed by atoms with van der Waals surface area (Å²) >= 11 is 0. The number of rotatable bonds is 3. The first-order valence-corrected chi connectivity index (χ1v) is 11.7. The van der Waals surface area contributed by atoms with Gasteiger partial charge in [0, 0.05) is 9.47 Å². The number of ether oxygens (including phenoxy) is 1. The molecule has 0 aromatic heterocycles. The molecule has 2 fully saturated rings. The summed E-state index contributed by atoms with van der Waals surface area (Å²) in [6.07, 6.45) is 6.12. The van der Waals surface area contributed by atoms with Crippen LogP contribution in [-0.4, -0.2) is 18.3 Å². The lowest BCUT2D eigenvalue weighted by Crippen LogP contribution is -2.53. The Kier molecular flexibility index (Phi) is 4.91. The van der Waals surface area contributed by atoms with Crippen molar-refractivity contribution >= 4 is 9.47 Å². The van der Waals surface area contributed by atoms with Crippen molar-refractivity contribution < 1.29 is 14.4 Å². The van der Waals surface area contributed by atoms with Gasteiger partial charge < -0.3 is 14.4 Å². The van der Waals surface area contributed by atoms with Gasteiger partial charge in [-0.3, -0.25) is 0 Å². The van der Waals surface area contributed by atoms with E-state index >= 15 is 0 Å². The molecule has 2 aromatic rings. The van der Waals surface area contributed by atoms with E-state index in [1.807, 2.05) is 12.1 Å². The summed E-state index contributed by atoms with van der Waals surface area (Å²) in [7, 11) is 4.30. The molecule has 3 aliphatic rings. The number of methoxy groups -OCH3 is 1. The maximum Gasteiger partial charge on any atom is 0.119 e. The van der Waals surface area contributed by atoms with E-state index in [1.165, 1.54) is 29.5 Å². The van der Waals surface area contributed by atoms with Gasteiger partial charge in [0.05, 0.1) is 13.2 Å². The molecule has 5 rings (SSSR count). The topological polar surface area (TPSA) is 38.7 Å². The van der Waals surface area contributed by atoms with Gasteiger partial charge in [-0.2, -0.15) is 0 Å². The summed E-state index contributed by atoms with van der Waals surface area (Å²) in [5, 5.41) is 9.90. The predicted molar refractivity (Wildman–Crippen MR) is 123 cm³/mol.